The number of carbonyl (C=O) groups is 2. The van der Waals surface area contributed by atoms with Crippen LogP contribution in [0, 0.1) is 0 Å². The molecule has 0 heterocycles. The van der Waals surface area contributed by atoms with Gasteiger partial charge in [0.25, 0.3) is 5.91 Å². The summed E-state index contributed by atoms with van der Waals surface area (Å²) in [4.78, 5) is 26.1. The molecule has 0 bridgehead atoms. The summed E-state index contributed by atoms with van der Waals surface area (Å²) in [6.45, 7) is 0.164. The Morgan fingerprint density at radius 3 is 2.33 bits per heavy atom. The monoisotopic (exact) mass is 250 g/mol. The predicted octanol–water partition coefficient (Wildman–Crippen LogP) is -0.108. The van der Waals surface area contributed by atoms with Gasteiger partial charge in [0.1, 0.15) is 0 Å². The summed E-state index contributed by atoms with van der Waals surface area (Å²) in [6, 6.07) is 4.85. The zero-order chi connectivity index (χ0) is 13.9. The third-order valence-corrected chi connectivity index (χ3v) is 2.57. The van der Waals surface area contributed by atoms with Gasteiger partial charge in [-0.1, -0.05) is 0 Å². The fourth-order valence-corrected chi connectivity index (χ4v) is 1.51. The Morgan fingerprint density at radius 1 is 1.22 bits per heavy atom. The summed E-state index contributed by atoms with van der Waals surface area (Å²) in [5.74, 6) is -0.633. The number of likely N-dealkylation sites (N-methyl/N-ethyl adjacent to an activating group) is 2. The summed E-state index contributed by atoms with van der Waals surface area (Å²) >= 11 is 0. The lowest BCUT2D eigenvalue weighted by atomic mass is 10.1. The molecular formula is C12H18N4O2. The van der Waals surface area contributed by atoms with E-state index >= 15 is 0 Å². The number of nitrogens with zero attached hydrogens (tertiary/aromatic N) is 2. The van der Waals surface area contributed by atoms with Crippen LogP contribution in [-0.2, 0) is 4.79 Å². The molecule has 0 unspecified atom stereocenters. The lowest BCUT2D eigenvalue weighted by molar-refractivity contribution is -0.127. The van der Waals surface area contributed by atoms with E-state index < -0.39 is 5.91 Å². The minimum atomic E-state index is -0.568. The molecule has 6 nitrogen and oxygen atoms in total. The number of anilines is 2. The van der Waals surface area contributed by atoms with Crippen LogP contribution in [0.5, 0.6) is 0 Å². The van der Waals surface area contributed by atoms with Crippen molar-refractivity contribution in [2.24, 2.45) is 5.73 Å². The minimum absolute atomic E-state index is 0.0651. The number of rotatable bonds is 4. The van der Waals surface area contributed by atoms with Gasteiger partial charge in [-0.15, -0.1) is 0 Å². The maximum atomic E-state index is 11.6. The molecule has 0 fully saturated rings. The second kappa shape index (κ2) is 5.39. The summed E-state index contributed by atoms with van der Waals surface area (Å²) in [6.07, 6.45) is 0. The van der Waals surface area contributed by atoms with Crippen LogP contribution in [-0.4, -0.2) is 44.4 Å². The maximum absolute atomic E-state index is 11.6. The number of hydrogen-bond donors (Lipinski definition) is 2. The van der Waals surface area contributed by atoms with Crippen LogP contribution in [0.25, 0.3) is 0 Å². The zero-order valence-corrected chi connectivity index (χ0v) is 10.8. The van der Waals surface area contributed by atoms with Crippen molar-refractivity contribution >= 4 is 23.2 Å². The smallest absolute Gasteiger partial charge is 0.250 e. The number of nitrogens with two attached hydrogens (primary N) is 2. The average Bonchev–Trinajstić information content (AvgIpc) is 2.28. The number of benzene rings is 1. The molecule has 0 aliphatic rings. The first-order valence-corrected chi connectivity index (χ1v) is 5.43. The third-order valence-electron chi connectivity index (χ3n) is 2.57. The highest BCUT2D eigenvalue weighted by Gasteiger charge is 2.15. The molecule has 4 N–H and O–H groups in total. The van der Waals surface area contributed by atoms with Crippen molar-refractivity contribution in [3.05, 3.63) is 23.8 Å². The summed E-state index contributed by atoms with van der Waals surface area (Å²) in [5, 5.41) is 0. The van der Waals surface area contributed by atoms with Crippen molar-refractivity contribution in [2.45, 2.75) is 0 Å². The minimum Gasteiger partial charge on any atom is -0.399 e. The van der Waals surface area contributed by atoms with Gasteiger partial charge in [0, 0.05) is 32.5 Å². The molecule has 0 radical (unpaired) electrons. The standard InChI is InChI=1S/C12H18N4O2/c1-15(2)11(17)7-16(3)10-5-4-8(13)6-9(10)12(14)18/h4-6H,7,13H2,1-3H3,(H2,14,18). The van der Waals surface area contributed by atoms with E-state index in [1.54, 1.807) is 38.2 Å². The first kappa shape index (κ1) is 13.8. The highest BCUT2D eigenvalue weighted by Crippen LogP contribution is 2.21. The van der Waals surface area contributed by atoms with E-state index in [1.165, 1.54) is 11.0 Å². The van der Waals surface area contributed by atoms with Gasteiger partial charge < -0.3 is 21.3 Å². The molecule has 1 aromatic carbocycles. The number of hydrogen-bond acceptors (Lipinski definition) is 4. The number of carbonyl (C=O) groups excluding carboxylic acids is 2. The Bertz CT molecular complexity index is 471. The average molecular weight is 250 g/mol. The second-order valence-corrected chi connectivity index (χ2v) is 4.29. The molecule has 0 aliphatic heterocycles. The summed E-state index contributed by atoms with van der Waals surface area (Å²) in [5.41, 5.74) is 12.3. The van der Waals surface area contributed by atoms with Crippen LogP contribution >= 0.6 is 0 Å². The molecule has 1 aromatic rings. The van der Waals surface area contributed by atoms with Gasteiger partial charge in [-0.25, -0.2) is 0 Å². The van der Waals surface area contributed by atoms with E-state index in [4.69, 9.17) is 11.5 Å². The number of amides is 2. The fraction of sp³-hybridized carbons (Fsp3) is 0.333. The van der Waals surface area contributed by atoms with Gasteiger partial charge in [0.15, 0.2) is 0 Å². The van der Waals surface area contributed by atoms with Crippen LogP contribution in [0.15, 0.2) is 18.2 Å². The van der Waals surface area contributed by atoms with Gasteiger partial charge in [0.05, 0.1) is 12.1 Å². The van der Waals surface area contributed by atoms with Gasteiger partial charge in [-0.2, -0.15) is 0 Å². The fourth-order valence-electron chi connectivity index (χ4n) is 1.51. The Hall–Kier alpha value is -2.24. The number of primary amides is 1. The van der Waals surface area contributed by atoms with Crippen molar-refractivity contribution in [3.63, 3.8) is 0 Å². The summed E-state index contributed by atoms with van der Waals surface area (Å²) < 4.78 is 0. The summed E-state index contributed by atoms with van der Waals surface area (Å²) in [7, 11) is 5.07. The van der Waals surface area contributed by atoms with E-state index in [0.717, 1.165) is 0 Å². The SMILES string of the molecule is CN(C)C(=O)CN(C)c1ccc(N)cc1C(N)=O. The Balaban J connectivity index is 3.02. The Kier molecular flexibility index (Phi) is 4.14. The molecule has 0 atom stereocenters. The van der Waals surface area contributed by atoms with Gasteiger partial charge in [0.2, 0.25) is 5.91 Å². The van der Waals surface area contributed by atoms with Crippen molar-refractivity contribution in [1.29, 1.82) is 0 Å². The molecule has 18 heavy (non-hydrogen) atoms. The Labute approximate surface area is 106 Å². The molecule has 2 amide bonds. The lowest BCUT2D eigenvalue weighted by Gasteiger charge is -2.23. The second-order valence-electron chi connectivity index (χ2n) is 4.29. The van der Waals surface area contributed by atoms with E-state index in [-0.39, 0.29) is 12.5 Å². The van der Waals surface area contributed by atoms with Gasteiger partial charge in [-0.05, 0) is 18.2 Å². The van der Waals surface area contributed by atoms with E-state index in [9.17, 15) is 9.59 Å². The molecule has 0 saturated heterocycles. The highest BCUT2D eigenvalue weighted by molar-refractivity contribution is 6.00. The largest absolute Gasteiger partial charge is 0.399 e. The molecule has 0 aliphatic carbocycles. The topological polar surface area (TPSA) is 92.7 Å². The molecule has 0 spiro atoms. The molecule has 6 heteroatoms. The molecule has 98 valence electrons. The van der Waals surface area contributed by atoms with Gasteiger partial charge in [-0.3, -0.25) is 9.59 Å². The predicted molar refractivity (Wildman–Crippen MR) is 71.3 cm³/mol. The van der Waals surface area contributed by atoms with Crippen LogP contribution in [0.3, 0.4) is 0 Å². The number of nitrogen functional groups attached to an aromatic ring is 1. The first-order chi connectivity index (χ1) is 8.32. The van der Waals surface area contributed by atoms with Crippen LogP contribution in [0.4, 0.5) is 11.4 Å². The quantitative estimate of drug-likeness (QED) is 0.729. The van der Waals surface area contributed by atoms with Crippen molar-refractivity contribution < 1.29 is 9.59 Å². The molecular weight excluding hydrogens is 232 g/mol. The molecule has 1 rings (SSSR count). The van der Waals surface area contributed by atoms with Crippen molar-refractivity contribution in [3.8, 4) is 0 Å². The van der Waals surface area contributed by atoms with E-state index in [1.807, 2.05) is 0 Å². The highest BCUT2D eigenvalue weighted by atomic mass is 16.2. The van der Waals surface area contributed by atoms with Crippen LogP contribution in [0.2, 0.25) is 0 Å². The normalized spacial score (nSPS) is 9.94. The van der Waals surface area contributed by atoms with Crippen LogP contribution < -0.4 is 16.4 Å². The zero-order valence-electron chi connectivity index (χ0n) is 10.8. The van der Waals surface area contributed by atoms with Crippen LogP contribution in [0.1, 0.15) is 10.4 Å². The van der Waals surface area contributed by atoms with Gasteiger partial charge >= 0.3 is 0 Å². The molecule has 0 saturated carbocycles. The van der Waals surface area contributed by atoms with Crippen molar-refractivity contribution in [2.75, 3.05) is 38.3 Å². The van der Waals surface area contributed by atoms with E-state index in [2.05, 4.69) is 0 Å². The lowest BCUT2D eigenvalue weighted by Crippen LogP contribution is -2.35. The maximum Gasteiger partial charge on any atom is 0.250 e. The van der Waals surface area contributed by atoms with Crippen molar-refractivity contribution in [1.82, 2.24) is 4.90 Å². The van der Waals surface area contributed by atoms with E-state index in [0.29, 0.717) is 16.9 Å². The molecule has 0 aromatic heterocycles. The Morgan fingerprint density at radius 2 is 1.83 bits per heavy atom. The first-order valence-electron chi connectivity index (χ1n) is 5.43. The third kappa shape index (κ3) is 3.13.